The number of aliphatic carboxylic acids is 1. The zero-order valence-corrected chi connectivity index (χ0v) is 16.9. The summed E-state index contributed by atoms with van der Waals surface area (Å²) in [7, 11) is 1.49. The third-order valence-corrected chi connectivity index (χ3v) is 5.35. The molecule has 0 aliphatic carbocycles. The Morgan fingerprint density at radius 1 is 1.25 bits per heavy atom. The smallest absolute Gasteiger partial charge is 0.326 e. The van der Waals surface area contributed by atoms with Gasteiger partial charge in [-0.1, -0.05) is 30.0 Å². The minimum Gasteiger partial charge on any atom is -0.480 e. The van der Waals surface area contributed by atoms with Gasteiger partial charge in [-0.25, -0.2) is 14.3 Å². The van der Waals surface area contributed by atoms with E-state index in [1.54, 1.807) is 16.6 Å². The molecule has 0 aliphatic rings. The summed E-state index contributed by atoms with van der Waals surface area (Å²) in [5, 5.41) is 14.2. The number of hydrogen-bond acceptors (Lipinski definition) is 6. The number of likely N-dealkylation sites (N-methyl/N-ethyl adjacent to an activating group) is 1. The SMILES string of the molecule is Cc1cc(C)n2nc(SCc3ccccc3C(=O)N(C)C(C)C(=O)O)nc2n1. The van der Waals surface area contributed by atoms with Crippen LogP contribution in [0.2, 0.25) is 0 Å². The molecule has 1 atom stereocenters. The molecule has 1 aromatic carbocycles. The number of hydrogen-bond donors (Lipinski definition) is 1. The third kappa shape index (κ3) is 3.99. The Labute approximate surface area is 166 Å². The monoisotopic (exact) mass is 399 g/mol. The van der Waals surface area contributed by atoms with E-state index in [1.807, 2.05) is 32.0 Å². The maximum absolute atomic E-state index is 12.8. The second-order valence-corrected chi connectivity index (χ2v) is 7.46. The number of rotatable bonds is 6. The molecule has 28 heavy (non-hydrogen) atoms. The summed E-state index contributed by atoms with van der Waals surface area (Å²) in [5.74, 6) is -0.358. The van der Waals surface area contributed by atoms with E-state index in [1.165, 1.54) is 30.6 Å². The number of nitrogens with zero attached hydrogens (tertiary/aromatic N) is 5. The summed E-state index contributed by atoms with van der Waals surface area (Å²) in [6.07, 6.45) is 0. The second kappa shape index (κ2) is 7.97. The lowest BCUT2D eigenvalue weighted by atomic mass is 10.1. The molecule has 1 amide bonds. The van der Waals surface area contributed by atoms with Crippen molar-refractivity contribution in [2.24, 2.45) is 0 Å². The highest BCUT2D eigenvalue weighted by Gasteiger charge is 2.24. The lowest BCUT2D eigenvalue weighted by Gasteiger charge is -2.22. The van der Waals surface area contributed by atoms with Gasteiger partial charge >= 0.3 is 5.97 Å². The number of carboxylic acids is 1. The number of fused-ring (bicyclic) bond motifs is 1. The summed E-state index contributed by atoms with van der Waals surface area (Å²) in [4.78, 5) is 34.0. The van der Waals surface area contributed by atoms with Crippen LogP contribution in [0.15, 0.2) is 35.5 Å². The highest BCUT2D eigenvalue weighted by atomic mass is 32.2. The predicted octanol–water partition coefficient (Wildman–Crippen LogP) is 2.58. The normalized spacial score (nSPS) is 12.1. The zero-order valence-electron chi connectivity index (χ0n) is 16.1. The van der Waals surface area contributed by atoms with E-state index in [0.29, 0.717) is 22.3 Å². The standard InChI is InChI=1S/C19H21N5O3S/c1-11-9-12(2)24-18(20-11)21-19(22-24)28-10-14-7-5-6-8-15(14)16(25)23(4)13(3)17(26)27/h5-9,13H,10H2,1-4H3,(H,26,27). The maximum Gasteiger partial charge on any atom is 0.326 e. The van der Waals surface area contributed by atoms with Crippen LogP contribution in [0.5, 0.6) is 0 Å². The predicted molar refractivity (Wildman–Crippen MR) is 105 cm³/mol. The molecule has 0 saturated carbocycles. The highest BCUT2D eigenvalue weighted by Crippen LogP contribution is 2.23. The van der Waals surface area contributed by atoms with Crippen LogP contribution < -0.4 is 0 Å². The van der Waals surface area contributed by atoms with Crippen LogP contribution in [0.1, 0.15) is 34.2 Å². The Hall–Kier alpha value is -2.94. The van der Waals surface area contributed by atoms with Gasteiger partial charge in [0.25, 0.3) is 11.7 Å². The molecule has 0 fully saturated rings. The topological polar surface area (TPSA) is 101 Å². The molecule has 2 heterocycles. The van der Waals surface area contributed by atoms with Crippen molar-refractivity contribution in [3.05, 3.63) is 52.8 Å². The Kier molecular flexibility index (Phi) is 5.64. The van der Waals surface area contributed by atoms with Crippen molar-refractivity contribution in [2.75, 3.05) is 7.05 Å². The molecular weight excluding hydrogens is 378 g/mol. The van der Waals surface area contributed by atoms with Gasteiger partial charge in [0.15, 0.2) is 0 Å². The molecule has 0 spiro atoms. The number of aromatic nitrogens is 4. The summed E-state index contributed by atoms with van der Waals surface area (Å²) in [6.45, 7) is 5.33. The van der Waals surface area contributed by atoms with E-state index in [-0.39, 0.29) is 5.91 Å². The van der Waals surface area contributed by atoms with Crippen LogP contribution in [0.4, 0.5) is 0 Å². The van der Waals surface area contributed by atoms with E-state index in [0.717, 1.165) is 17.0 Å². The lowest BCUT2D eigenvalue weighted by molar-refractivity contribution is -0.141. The third-order valence-electron chi connectivity index (χ3n) is 4.46. The Morgan fingerprint density at radius 3 is 2.68 bits per heavy atom. The van der Waals surface area contributed by atoms with Crippen molar-refractivity contribution in [1.29, 1.82) is 0 Å². The fourth-order valence-corrected chi connectivity index (χ4v) is 3.56. The first kappa shape index (κ1) is 19.8. The van der Waals surface area contributed by atoms with E-state index in [9.17, 15) is 9.59 Å². The molecule has 3 rings (SSSR count). The first-order valence-electron chi connectivity index (χ1n) is 8.69. The number of aryl methyl sites for hydroxylation is 2. The van der Waals surface area contributed by atoms with Gasteiger partial charge < -0.3 is 10.0 Å². The average molecular weight is 399 g/mol. The van der Waals surface area contributed by atoms with Crippen LogP contribution >= 0.6 is 11.8 Å². The van der Waals surface area contributed by atoms with Crippen molar-refractivity contribution in [3.63, 3.8) is 0 Å². The molecule has 3 aromatic rings. The Bertz CT molecular complexity index is 1050. The fraction of sp³-hybridized carbons (Fsp3) is 0.316. The summed E-state index contributed by atoms with van der Waals surface area (Å²) >= 11 is 1.40. The Morgan fingerprint density at radius 2 is 1.96 bits per heavy atom. The Balaban J connectivity index is 1.81. The van der Waals surface area contributed by atoms with Crippen molar-refractivity contribution < 1.29 is 14.7 Å². The van der Waals surface area contributed by atoms with Gasteiger partial charge in [0.1, 0.15) is 6.04 Å². The molecule has 146 valence electrons. The van der Waals surface area contributed by atoms with E-state index >= 15 is 0 Å². The first-order chi connectivity index (χ1) is 13.3. The highest BCUT2D eigenvalue weighted by molar-refractivity contribution is 7.98. The molecule has 0 aliphatic heterocycles. The molecule has 0 bridgehead atoms. The van der Waals surface area contributed by atoms with Gasteiger partial charge in [-0.2, -0.15) is 4.98 Å². The number of amides is 1. The van der Waals surface area contributed by atoms with Crippen LogP contribution in [-0.2, 0) is 10.5 Å². The van der Waals surface area contributed by atoms with Gasteiger partial charge in [-0.3, -0.25) is 4.79 Å². The van der Waals surface area contributed by atoms with E-state index < -0.39 is 12.0 Å². The molecule has 1 N–H and O–H groups in total. The number of thioether (sulfide) groups is 1. The van der Waals surface area contributed by atoms with Gasteiger partial charge in [0.2, 0.25) is 5.16 Å². The van der Waals surface area contributed by atoms with Crippen molar-refractivity contribution >= 4 is 29.4 Å². The number of carboxylic acid groups (broad SMARTS) is 1. The van der Waals surface area contributed by atoms with Gasteiger partial charge in [-0.05, 0) is 38.5 Å². The van der Waals surface area contributed by atoms with Gasteiger partial charge in [0.05, 0.1) is 0 Å². The van der Waals surface area contributed by atoms with Crippen molar-refractivity contribution in [1.82, 2.24) is 24.5 Å². The number of carbonyl (C=O) groups is 2. The fourth-order valence-electron chi connectivity index (χ4n) is 2.74. The summed E-state index contributed by atoms with van der Waals surface area (Å²) in [6, 6.07) is 8.19. The summed E-state index contributed by atoms with van der Waals surface area (Å²) < 4.78 is 1.69. The lowest BCUT2D eigenvalue weighted by Crippen LogP contribution is -2.40. The van der Waals surface area contributed by atoms with Crippen molar-refractivity contribution in [3.8, 4) is 0 Å². The minimum absolute atomic E-state index is 0.331. The molecule has 8 nitrogen and oxygen atoms in total. The largest absolute Gasteiger partial charge is 0.480 e. The average Bonchev–Trinajstić information content (AvgIpc) is 3.08. The van der Waals surface area contributed by atoms with E-state index in [2.05, 4.69) is 15.1 Å². The number of carbonyl (C=O) groups excluding carboxylic acids is 1. The zero-order chi connectivity index (χ0) is 20.4. The van der Waals surface area contributed by atoms with Crippen LogP contribution in [-0.4, -0.2) is 54.6 Å². The minimum atomic E-state index is -1.05. The molecule has 1 unspecified atom stereocenters. The van der Waals surface area contributed by atoms with Gasteiger partial charge in [-0.15, -0.1) is 5.10 Å². The first-order valence-corrected chi connectivity index (χ1v) is 9.68. The molecular formula is C19H21N5O3S. The number of benzene rings is 1. The molecule has 2 aromatic heterocycles. The molecule has 0 radical (unpaired) electrons. The van der Waals surface area contributed by atoms with Crippen LogP contribution in [0.25, 0.3) is 5.78 Å². The quantitative estimate of drug-likeness (QED) is 0.636. The summed E-state index contributed by atoms with van der Waals surface area (Å²) in [5.41, 5.74) is 3.09. The second-order valence-electron chi connectivity index (χ2n) is 6.52. The van der Waals surface area contributed by atoms with E-state index in [4.69, 9.17) is 5.11 Å². The van der Waals surface area contributed by atoms with Crippen LogP contribution in [0.3, 0.4) is 0 Å². The molecule has 9 heteroatoms. The van der Waals surface area contributed by atoms with Gasteiger partial charge in [0, 0.05) is 29.8 Å². The van der Waals surface area contributed by atoms with Crippen LogP contribution in [0, 0.1) is 13.8 Å². The van der Waals surface area contributed by atoms with Crippen molar-refractivity contribution in [2.45, 2.75) is 37.7 Å². The maximum atomic E-state index is 12.8. The molecule has 0 saturated heterocycles.